The highest BCUT2D eigenvalue weighted by Crippen LogP contribution is 2.34. The number of aliphatic hydroxyl groups is 1. The van der Waals surface area contributed by atoms with Gasteiger partial charge < -0.3 is 52.5 Å². The van der Waals surface area contributed by atoms with Crippen LogP contribution in [-0.2, 0) is 91.8 Å². The third-order valence-electron chi connectivity index (χ3n) is 11.7. The van der Waals surface area contributed by atoms with Crippen molar-refractivity contribution in [1.82, 2.24) is 0 Å². The molecule has 0 unspecified atom stereocenters. The summed E-state index contributed by atoms with van der Waals surface area (Å²) in [5.41, 5.74) is 5.56. The van der Waals surface area contributed by atoms with Gasteiger partial charge in [-0.05, 0) is 33.4 Å². The normalized spacial score (nSPS) is 24.9. The lowest BCUT2D eigenvalue weighted by atomic mass is 9.97. The van der Waals surface area contributed by atoms with Crippen LogP contribution in [0.2, 0.25) is 0 Å². The van der Waals surface area contributed by atoms with Crippen LogP contribution < -0.4 is 0 Å². The van der Waals surface area contributed by atoms with Gasteiger partial charge in [0.1, 0.15) is 42.7 Å². The van der Waals surface area contributed by atoms with Crippen LogP contribution in [0.15, 0.2) is 182 Å². The number of hydrogen-bond donors (Lipinski definition) is 1. The van der Waals surface area contributed by atoms with Crippen molar-refractivity contribution in [2.75, 3.05) is 13.2 Å². The van der Waals surface area contributed by atoms with Crippen molar-refractivity contribution < 1.29 is 57.3 Å². The van der Waals surface area contributed by atoms with Gasteiger partial charge in [0.2, 0.25) is 0 Å². The Hall–Kier alpha value is -5.61. The van der Waals surface area contributed by atoms with E-state index in [-0.39, 0.29) is 52.9 Å². The Morgan fingerprint density at radius 3 is 1.15 bits per heavy atom. The number of esters is 1. The number of carbonyl (C=O) groups excluding carboxylic acids is 1. The van der Waals surface area contributed by atoms with Gasteiger partial charge in [-0.1, -0.05) is 182 Å². The summed E-state index contributed by atoms with van der Waals surface area (Å²) in [5, 5.41) is 11.9. The van der Waals surface area contributed by atoms with Crippen LogP contribution in [0.5, 0.6) is 0 Å². The van der Waals surface area contributed by atoms with E-state index in [2.05, 4.69) is 0 Å². The van der Waals surface area contributed by atoms with Gasteiger partial charge in [-0.25, -0.2) is 0 Å². The zero-order chi connectivity index (χ0) is 46.8. The third-order valence-corrected chi connectivity index (χ3v) is 11.7. The second-order valence-corrected chi connectivity index (χ2v) is 16.8. The zero-order valence-electron chi connectivity index (χ0n) is 38.2. The molecule has 2 aliphatic heterocycles. The minimum atomic E-state index is -1.43. The number of ether oxygens (including phenoxy) is 10. The molecule has 0 aliphatic carbocycles. The molecule has 6 aromatic carbocycles. The molecule has 2 heterocycles. The molecule has 2 fully saturated rings. The molecule has 10 atom stereocenters. The number of benzene rings is 6. The average Bonchev–Trinajstić information content (AvgIpc) is 3.38. The lowest BCUT2D eigenvalue weighted by Crippen LogP contribution is -2.64. The Bertz CT molecular complexity index is 2330. The van der Waals surface area contributed by atoms with Crippen molar-refractivity contribution >= 4 is 5.97 Å². The molecule has 8 rings (SSSR count). The Morgan fingerprint density at radius 2 is 0.735 bits per heavy atom. The maximum Gasteiger partial charge on any atom is 0.303 e. The van der Waals surface area contributed by atoms with Gasteiger partial charge in [-0.2, -0.15) is 0 Å². The number of carbonyl (C=O) groups is 1. The monoisotopic (exact) mass is 924 g/mol. The second-order valence-electron chi connectivity index (χ2n) is 16.8. The maximum atomic E-state index is 12.9. The molecular weight excluding hydrogens is 865 g/mol. The predicted octanol–water partition coefficient (Wildman–Crippen LogP) is 8.52. The highest BCUT2D eigenvalue weighted by atomic mass is 16.7. The minimum absolute atomic E-state index is 0.0284. The van der Waals surface area contributed by atoms with Gasteiger partial charge in [-0.3, -0.25) is 4.79 Å². The van der Waals surface area contributed by atoms with Crippen LogP contribution in [0.1, 0.15) is 40.3 Å². The van der Waals surface area contributed by atoms with Crippen LogP contribution in [-0.4, -0.2) is 85.7 Å². The fourth-order valence-corrected chi connectivity index (χ4v) is 8.33. The summed E-state index contributed by atoms with van der Waals surface area (Å²) in [7, 11) is 0. The molecule has 0 bridgehead atoms. The average molecular weight is 925 g/mol. The number of aliphatic hydroxyl groups excluding tert-OH is 1. The van der Waals surface area contributed by atoms with Crippen molar-refractivity contribution in [2.24, 2.45) is 0 Å². The van der Waals surface area contributed by atoms with Crippen LogP contribution in [0.25, 0.3) is 0 Å². The maximum absolute atomic E-state index is 12.9. The molecular formula is C56H60O12. The molecule has 1 N–H and O–H groups in total. The molecule has 12 nitrogen and oxygen atoms in total. The quantitative estimate of drug-likeness (QED) is 0.0619. The topological polar surface area (TPSA) is 130 Å². The molecule has 0 amide bonds. The summed E-state index contributed by atoms with van der Waals surface area (Å²) in [6, 6.07) is 58.6. The highest BCUT2D eigenvalue weighted by Gasteiger charge is 2.52. The van der Waals surface area contributed by atoms with E-state index in [1.165, 1.54) is 6.92 Å². The van der Waals surface area contributed by atoms with Gasteiger partial charge in [-0.15, -0.1) is 0 Å². The first-order chi connectivity index (χ1) is 33.5. The lowest BCUT2D eigenvalue weighted by molar-refractivity contribution is -0.346. The molecule has 12 heteroatoms. The fourth-order valence-electron chi connectivity index (χ4n) is 8.33. The lowest BCUT2D eigenvalue weighted by Gasteiger charge is -2.47. The Labute approximate surface area is 398 Å². The van der Waals surface area contributed by atoms with Crippen LogP contribution in [0.3, 0.4) is 0 Å². The van der Waals surface area contributed by atoms with Crippen LogP contribution >= 0.6 is 0 Å². The largest absolute Gasteiger partial charge is 0.457 e. The van der Waals surface area contributed by atoms with E-state index in [9.17, 15) is 9.90 Å². The van der Waals surface area contributed by atoms with Gasteiger partial charge in [0.25, 0.3) is 0 Å². The summed E-state index contributed by atoms with van der Waals surface area (Å²) >= 11 is 0. The van der Waals surface area contributed by atoms with Crippen molar-refractivity contribution in [3.63, 3.8) is 0 Å². The molecule has 0 spiro atoms. The highest BCUT2D eigenvalue weighted by molar-refractivity contribution is 5.66. The van der Waals surface area contributed by atoms with Gasteiger partial charge in [0.15, 0.2) is 18.7 Å². The van der Waals surface area contributed by atoms with Gasteiger partial charge in [0, 0.05) is 6.92 Å². The summed E-state index contributed by atoms with van der Waals surface area (Å²) in [4.78, 5) is 12.9. The van der Waals surface area contributed by atoms with Gasteiger partial charge >= 0.3 is 5.97 Å². The van der Waals surface area contributed by atoms with E-state index in [0.29, 0.717) is 0 Å². The summed E-state index contributed by atoms with van der Waals surface area (Å²) in [6.45, 7) is 2.48. The van der Waals surface area contributed by atoms with E-state index >= 15 is 0 Å². The number of hydrogen-bond acceptors (Lipinski definition) is 12. The van der Waals surface area contributed by atoms with Crippen molar-refractivity contribution in [3.8, 4) is 0 Å². The molecule has 2 aliphatic rings. The first-order valence-electron chi connectivity index (χ1n) is 23.1. The summed E-state index contributed by atoms with van der Waals surface area (Å²) in [6.07, 6.45) is -9.72. The minimum Gasteiger partial charge on any atom is -0.457 e. The molecule has 0 aromatic heterocycles. The number of rotatable bonds is 23. The third kappa shape index (κ3) is 14.2. The molecule has 0 radical (unpaired) electrons. The first kappa shape index (κ1) is 48.8. The van der Waals surface area contributed by atoms with Crippen LogP contribution in [0, 0.1) is 0 Å². The predicted molar refractivity (Wildman–Crippen MR) is 252 cm³/mol. The Kier molecular flexibility index (Phi) is 18.4. The standard InChI is InChI=1S/C56H60O12/c1-40(57)66-50-47(38-59-32-41-20-8-2-9-21-41)68-56(54(64-37-46-30-18-7-19-31-46)52(50)62-35-44-26-14-5-15-27-44)65-39-48-49(60-33-42-22-10-3-11-23-42)51(61-34-43-24-12-4-13-25-43)53(55(58)67-48)63-36-45-28-16-6-17-29-45/h2-31,47-56,58H,32-39H2,1H3/t47-,48-,49-,50+,51+,52+,53-,54-,55+,56-/m1/s1. The molecule has 2 saturated heterocycles. The van der Waals surface area contributed by atoms with E-state index in [0.717, 1.165) is 33.4 Å². The molecule has 6 aromatic rings. The first-order valence-corrected chi connectivity index (χ1v) is 23.1. The molecule has 356 valence electrons. The van der Waals surface area contributed by atoms with E-state index in [4.69, 9.17) is 47.4 Å². The van der Waals surface area contributed by atoms with E-state index in [1.807, 2.05) is 182 Å². The van der Waals surface area contributed by atoms with E-state index < -0.39 is 67.4 Å². The molecule has 0 saturated carbocycles. The fraction of sp³-hybridized carbons (Fsp3) is 0.339. The SMILES string of the molecule is CC(=O)O[C@@H]1[C@H](OCc2ccccc2)[C@@H](OCc2ccccc2)[C@H](OC[C@H]2O[C@H](O)[C@H](OCc3ccccc3)[C@@H](OCc3ccccc3)[C@@H]2OCc2ccccc2)O[C@@H]1COCc1ccccc1. The molecule has 68 heavy (non-hydrogen) atoms. The smallest absolute Gasteiger partial charge is 0.303 e. The second kappa shape index (κ2) is 25.7. The Balaban J connectivity index is 1.11. The van der Waals surface area contributed by atoms with E-state index in [1.54, 1.807) is 0 Å². The summed E-state index contributed by atoms with van der Waals surface area (Å²) in [5.74, 6) is -0.519. The summed E-state index contributed by atoms with van der Waals surface area (Å²) < 4.78 is 65.9. The van der Waals surface area contributed by atoms with Gasteiger partial charge in [0.05, 0.1) is 52.9 Å². The van der Waals surface area contributed by atoms with Crippen molar-refractivity contribution in [2.45, 2.75) is 108 Å². The van der Waals surface area contributed by atoms with Crippen LogP contribution in [0.4, 0.5) is 0 Å². The zero-order valence-corrected chi connectivity index (χ0v) is 38.2. The van der Waals surface area contributed by atoms with Crippen molar-refractivity contribution in [3.05, 3.63) is 215 Å². The Morgan fingerprint density at radius 1 is 0.397 bits per heavy atom. The van der Waals surface area contributed by atoms with Crippen molar-refractivity contribution in [1.29, 1.82) is 0 Å².